The molecule has 108 valence electrons. The first-order valence-electron chi connectivity index (χ1n) is 6.47. The normalized spacial score (nSPS) is 18.9. The van der Waals surface area contributed by atoms with Gasteiger partial charge in [-0.25, -0.2) is 4.39 Å². The van der Waals surface area contributed by atoms with E-state index >= 15 is 0 Å². The first-order valence-corrected chi connectivity index (χ1v) is 7.26. The lowest BCUT2D eigenvalue weighted by Crippen LogP contribution is -2.45. The maximum Gasteiger partial charge on any atom is 0.305 e. The summed E-state index contributed by atoms with van der Waals surface area (Å²) in [5.41, 5.74) is -0.0170. The van der Waals surface area contributed by atoms with Crippen LogP contribution in [0.25, 0.3) is 0 Å². The van der Waals surface area contributed by atoms with E-state index in [4.69, 9.17) is 5.11 Å². The minimum Gasteiger partial charge on any atom is -0.481 e. The number of hydrogen-bond acceptors (Lipinski definition) is 2. The highest BCUT2D eigenvalue weighted by molar-refractivity contribution is 9.10. The van der Waals surface area contributed by atoms with Gasteiger partial charge in [-0.15, -0.1) is 0 Å². The lowest BCUT2D eigenvalue weighted by Gasteiger charge is -2.35. The number of halogens is 2. The van der Waals surface area contributed by atoms with Gasteiger partial charge in [0.25, 0.3) is 5.91 Å². The Balaban J connectivity index is 2.25. The Labute approximate surface area is 124 Å². The molecule has 0 aromatic heterocycles. The van der Waals surface area contributed by atoms with Crippen molar-refractivity contribution >= 4 is 27.8 Å². The summed E-state index contributed by atoms with van der Waals surface area (Å²) in [6.45, 7) is 0.475. The summed E-state index contributed by atoms with van der Waals surface area (Å²) in [6.07, 6.45) is 2.26. The van der Waals surface area contributed by atoms with E-state index in [0.717, 1.165) is 12.8 Å². The van der Waals surface area contributed by atoms with Crippen molar-refractivity contribution in [3.05, 3.63) is 34.1 Å². The number of amides is 1. The SMILES string of the molecule is O=C(O)CC1CCCCN1C(=O)c1cccc(Br)c1F. The molecule has 1 atom stereocenters. The minimum absolute atomic E-state index is 0.0170. The fraction of sp³-hybridized carbons (Fsp3) is 0.429. The van der Waals surface area contributed by atoms with E-state index in [2.05, 4.69) is 15.9 Å². The van der Waals surface area contributed by atoms with Crippen LogP contribution >= 0.6 is 15.9 Å². The van der Waals surface area contributed by atoms with E-state index in [1.807, 2.05) is 0 Å². The van der Waals surface area contributed by atoms with Crippen LogP contribution in [0, 0.1) is 5.82 Å². The lowest BCUT2D eigenvalue weighted by molar-refractivity contribution is -0.138. The predicted molar refractivity (Wildman–Crippen MR) is 75.0 cm³/mol. The van der Waals surface area contributed by atoms with Gasteiger partial charge >= 0.3 is 5.97 Å². The van der Waals surface area contributed by atoms with Gasteiger partial charge in [0, 0.05) is 12.6 Å². The largest absolute Gasteiger partial charge is 0.481 e. The second-order valence-corrected chi connectivity index (χ2v) is 5.70. The number of carbonyl (C=O) groups excluding carboxylic acids is 1. The summed E-state index contributed by atoms with van der Waals surface area (Å²) in [5, 5.41) is 8.92. The van der Waals surface area contributed by atoms with Gasteiger partial charge in [-0.1, -0.05) is 6.07 Å². The van der Waals surface area contributed by atoms with Crippen molar-refractivity contribution < 1.29 is 19.1 Å². The Morgan fingerprint density at radius 3 is 2.85 bits per heavy atom. The van der Waals surface area contributed by atoms with Crippen LogP contribution in [0.4, 0.5) is 4.39 Å². The second-order valence-electron chi connectivity index (χ2n) is 4.85. The second kappa shape index (κ2) is 6.35. The Hall–Kier alpha value is -1.43. The van der Waals surface area contributed by atoms with E-state index in [-0.39, 0.29) is 22.5 Å². The van der Waals surface area contributed by atoms with E-state index < -0.39 is 17.7 Å². The van der Waals surface area contributed by atoms with E-state index in [9.17, 15) is 14.0 Å². The molecule has 0 spiro atoms. The Morgan fingerprint density at radius 2 is 2.15 bits per heavy atom. The number of nitrogens with zero attached hydrogens (tertiary/aromatic N) is 1. The van der Waals surface area contributed by atoms with E-state index in [1.165, 1.54) is 17.0 Å². The van der Waals surface area contributed by atoms with Crippen molar-refractivity contribution in [2.45, 2.75) is 31.7 Å². The summed E-state index contributed by atoms with van der Waals surface area (Å²) >= 11 is 3.05. The molecule has 0 aliphatic carbocycles. The van der Waals surface area contributed by atoms with Gasteiger partial charge in [-0.3, -0.25) is 9.59 Å². The third-order valence-electron chi connectivity index (χ3n) is 3.48. The number of carboxylic acids is 1. The van der Waals surface area contributed by atoms with Gasteiger partial charge < -0.3 is 10.0 Å². The molecule has 1 heterocycles. The average molecular weight is 344 g/mol. The molecule has 1 N–H and O–H groups in total. The van der Waals surface area contributed by atoms with Crippen LogP contribution in [0.2, 0.25) is 0 Å². The molecule has 0 radical (unpaired) electrons. The van der Waals surface area contributed by atoms with Crippen LogP contribution in [-0.2, 0) is 4.79 Å². The number of hydrogen-bond donors (Lipinski definition) is 1. The summed E-state index contributed by atoms with van der Waals surface area (Å²) in [4.78, 5) is 24.8. The van der Waals surface area contributed by atoms with Crippen LogP contribution in [-0.4, -0.2) is 34.5 Å². The zero-order valence-corrected chi connectivity index (χ0v) is 12.4. The van der Waals surface area contributed by atoms with Crippen molar-refractivity contribution in [3.8, 4) is 0 Å². The van der Waals surface area contributed by atoms with Gasteiger partial charge in [-0.2, -0.15) is 0 Å². The summed E-state index contributed by atoms with van der Waals surface area (Å²) < 4.78 is 14.2. The molecule has 1 unspecified atom stereocenters. The molecule has 2 rings (SSSR count). The highest BCUT2D eigenvalue weighted by Gasteiger charge is 2.30. The lowest BCUT2D eigenvalue weighted by atomic mass is 9.98. The number of carbonyl (C=O) groups is 2. The van der Waals surface area contributed by atoms with Crippen molar-refractivity contribution in [1.29, 1.82) is 0 Å². The minimum atomic E-state index is -0.940. The Morgan fingerprint density at radius 1 is 1.40 bits per heavy atom. The van der Waals surface area contributed by atoms with Gasteiger partial charge in [-0.05, 0) is 47.3 Å². The molecular weight excluding hydrogens is 329 g/mol. The number of piperidine rings is 1. The fourth-order valence-corrected chi connectivity index (χ4v) is 2.87. The van der Waals surface area contributed by atoms with Crippen LogP contribution in [0.15, 0.2) is 22.7 Å². The van der Waals surface area contributed by atoms with E-state index in [0.29, 0.717) is 13.0 Å². The molecule has 1 aromatic rings. The van der Waals surface area contributed by atoms with Crippen molar-refractivity contribution in [1.82, 2.24) is 4.90 Å². The number of benzene rings is 1. The van der Waals surface area contributed by atoms with Gasteiger partial charge in [0.2, 0.25) is 0 Å². The molecule has 20 heavy (non-hydrogen) atoms. The molecular formula is C14H15BrFNO3. The standard InChI is InChI=1S/C14H15BrFNO3/c15-11-6-3-5-10(13(11)16)14(20)17-7-2-1-4-9(17)8-12(18)19/h3,5-6,9H,1-2,4,7-8H2,(H,18,19). The van der Waals surface area contributed by atoms with E-state index in [1.54, 1.807) is 6.07 Å². The Bertz CT molecular complexity index is 535. The zero-order chi connectivity index (χ0) is 14.7. The summed E-state index contributed by atoms with van der Waals surface area (Å²) in [7, 11) is 0. The number of rotatable bonds is 3. The molecule has 4 nitrogen and oxygen atoms in total. The zero-order valence-electron chi connectivity index (χ0n) is 10.8. The third kappa shape index (κ3) is 3.17. The van der Waals surface area contributed by atoms with Gasteiger partial charge in [0.15, 0.2) is 0 Å². The van der Waals surface area contributed by atoms with Crippen molar-refractivity contribution in [2.75, 3.05) is 6.54 Å². The quantitative estimate of drug-likeness (QED) is 0.917. The molecule has 1 aromatic carbocycles. The van der Waals surface area contributed by atoms with Crippen LogP contribution in [0.3, 0.4) is 0 Å². The molecule has 1 saturated heterocycles. The smallest absolute Gasteiger partial charge is 0.305 e. The van der Waals surface area contributed by atoms with Crippen molar-refractivity contribution in [2.24, 2.45) is 0 Å². The van der Waals surface area contributed by atoms with Gasteiger partial charge in [0.05, 0.1) is 16.5 Å². The first kappa shape index (κ1) is 15.0. The number of likely N-dealkylation sites (tertiary alicyclic amines) is 1. The monoisotopic (exact) mass is 343 g/mol. The molecule has 1 amide bonds. The first-order chi connectivity index (χ1) is 9.50. The Kier molecular flexibility index (Phi) is 4.75. The fourth-order valence-electron chi connectivity index (χ4n) is 2.51. The number of carboxylic acid groups (broad SMARTS) is 1. The van der Waals surface area contributed by atoms with Crippen LogP contribution < -0.4 is 0 Å². The topological polar surface area (TPSA) is 57.6 Å². The summed E-state index contributed by atoms with van der Waals surface area (Å²) in [5.74, 6) is -1.98. The van der Waals surface area contributed by atoms with Crippen LogP contribution in [0.1, 0.15) is 36.0 Å². The highest BCUT2D eigenvalue weighted by Crippen LogP contribution is 2.25. The molecule has 6 heteroatoms. The van der Waals surface area contributed by atoms with Crippen LogP contribution in [0.5, 0.6) is 0 Å². The molecule has 0 saturated carbocycles. The predicted octanol–water partition coefficient (Wildman–Crippen LogP) is 3.06. The summed E-state index contributed by atoms with van der Waals surface area (Å²) in [6, 6.07) is 4.19. The maximum atomic E-state index is 14.0. The molecule has 1 fully saturated rings. The third-order valence-corrected chi connectivity index (χ3v) is 4.09. The molecule has 0 bridgehead atoms. The van der Waals surface area contributed by atoms with Crippen molar-refractivity contribution in [3.63, 3.8) is 0 Å². The van der Waals surface area contributed by atoms with Gasteiger partial charge in [0.1, 0.15) is 5.82 Å². The molecule has 1 aliphatic heterocycles. The molecule has 1 aliphatic rings. The average Bonchev–Trinajstić information content (AvgIpc) is 2.41. The maximum absolute atomic E-state index is 14.0. The highest BCUT2D eigenvalue weighted by atomic mass is 79.9. The number of aliphatic carboxylic acids is 1.